The number of aromatic nitrogens is 2. The molecule has 1 aromatic heterocycles. The molecular weight excluding hydrogens is 480 g/mol. The monoisotopic (exact) mass is 512 g/mol. The second-order valence-corrected chi connectivity index (χ2v) is 10.2. The molecule has 0 saturated heterocycles. The summed E-state index contributed by atoms with van der Waals surface area (Å²) in [6, 6.07) is 13.6. The molecule has 2 aliphatic rings. The number of carboxylic acids is 2. The van der Waals surface area contributed by atoms with Crippen LogP contribution in [-0.4, -0.2) is 31.9 Å². The predicted molar refractivity (Wildman–Crippen MR) is 144 cm³/mol. The van der Waals surface area contributed by atoms with E-state index in [1.165, 1.54) is 12.8 Å². The van der Waals surface area contributed by atoms with Gasteiger partial charge in [0.05, 0.1) is 11.4 Å². The fourth-order valence-electron chi connectivity index (χ4n) is 5.26. The van der Waals surface area contributed by atoms with Gasteiger partial charge in [0.1, 0.15) is 17.8 Å². The molecule has 5 rings (SSSR count). The molecular formula is C31H32N2O5. The maximum Gasteiger partial charge on any atom is 0.331 e. The highest BCUT2D eigenvalue weighted by Crippen LogP contribution is 2.41. The predicted octanol–water partition coefficient (Wildman–Crippen LogP) is 5.88. The number of hydrogen-bond donors (Lipinski definition) is 2. The van der Waals surface area contributed by atoms with Crippen LogP contribution in [-0.2, 0) is 28.0 Å². The molecule has 1 unspecified atom stereocenters. The smallest absolute Gasteiger partial charge is 0.331 e. The summed E-state index contributed by atoms with van der Waals surface area (Å²) in [4.78, 5) is 24.7. The minimum Gasteiger partial charge on any atom is -0.489 e. The highest BCUT2D eigenvalue weighted by molar-refractivity contribution is 5.94. The van der Waals surface area contributed by atoms with Crippen LogP contribution in [0.5, 0.6) is 5.75 Å². The largest absolute Gasteiger partial charge is 0.489 e. The Morgan fingerprint density at radius 3 is 2.58 bits per heavy atom. The number of aliphatic carboxylic acids is 2. The number of hydrogen-bond acceptors (Lipinski definition) is 4. The first kappa shape index (κ1) is 25.5. The van der Waals surface area contributed by atoms with Crippen molar-refractivity contribution in [2.24, 2.45) is 0 Å². The fourth-order valence-corrected chi connectivity index (χ4v) is 5.26. The van der Waals surface area contributed by atoms with Gasteiger partial charge in [-0.2, -0.15) is 5.10 Å². The van der Waals surface area contributed by atoms with E-state index in [1.54, 1.807) is 25.1 Å². The Hall–Kier alpha value is -4.13. The Balaban J connectivity index is 1.45. The van der Waals surface area contributed by atoms with Crippen LogP contribution in [0, 0.1) is 6.92 Å². The lowest BCUT2D eigenvalue weighted by atomic mass is 9.69. The van der Waals surface area contributed by atoms with Crippen molar-refractivity contribution < 1.29 is 24.5 Å². The van der Waals surface area contributed by atoms with Crippen molar-refractivity contribution in [1.29, 1.82) is 0 Å². The van der Waals surface area contributed by atoms with Crippen LogP contribution in [0.3, 0.4) is 0 Å². The number of carbonyl (C=O) groups is 2. The van der Waals surface area contributed by atoms with Crippen molar-refractivity contribution >= 4 is 11.9 Å². The van der Waals surface area contributed by atoms with E-state index in [2.05, 4.69) is 6.07 Å². The van der Waals surface area contributed by atoms with Crippen molar-refractivity contribution in [2.45, 2.75) is 64.4 Å². The summed E-state index contributed by atoms with van der Waals surface area (Å²) < 4.78 is 8.17. The molecule has 7 nitrogen and oxygen atoms in total. The van der Waals surface area contributed by atoms with Gasteiger partial charge in [0.15, 0.2) is 0 Å². The third kappa shape index (κ3) is 4.64. The molecule has 2 aromatic carbocycles. The Labute approximate surface area is 222 Å². The number of rotatable bonds is 9. The van der Waals surface area contributed by atoms with Gasteiger partial charge >= 0.3 is 11.9 Å². The molecule has 0 radical (unpaired) electrons. The van der Waals surface area contributed by atoms with Crippen LogP contribution in [0.2, 0.25) is 0 Å². The van der Waals surface area contributed by atoms with Crippen molar-refractivity contribution in [2.75, 3.05) is 0 Å². The summed E-state index contributed by atoms with van der Waals surface area (Å²) in [6.45, 7) is 5.85. The van der Waals surface area contributed by atoms with Gasteiger partial charge in [-0.05, 0) is 85.2 Å². The van der Waals surface area contributed by atoms with Gasteiger partial charge in [-0.3, -0.25) is 4.79 Å². The second kappa shape index (κ2) is 9.97. The van der Waals surface area contributed by atoms with Gasteiger partial charge in [0, 0.05) is 24.1 Å². The topological polar surface area (TPSA) is 102 Å². The molecule has 0 amide bonds. The third-order valence-corrected chi connectivity index (χ3v) is 7.72. The normalized spacial score (nSPS) is 19.0. The van der Waals surface area contributed by atoms with Gasteiger partial charge in [-0.15, -0.1) is 0 Å². The van der Waals surface area contributed by atoms with Crippen molar-refractivity contribution in [1.82, 2.24) is 9.78 Å². The lowest BCUT2D eigenvalue weighted by Crippen LogP contribution is -2.38. The standard InChI is InChI=1S/C31H32N2O5/c1-4-21-6-5-7-26(31(30(36)37)14-12-19(2)24(17-31)29(34)35)25(21)18-38-28-11-10-23(16-20(28)3)33-15-13-27(32-33)22-8-9-22/h5-7,10-16,22H,4,8-9,17-18H2,1-3H3,(H,34,35)(H,36,37). The number of allylic oxidation sites excluding steroid dienone is 2. The van der Waals surface area contributed by atoms with Gasteiger partial charge in [-0.1, -0.05) is 37.3 Å². The van der Waals surface area contributed by atoms with Gasteiger partial charge in [0.2, 0.25) is 0 Å². The quantitative estimate of drug-likeness (QED) is 0.371. The Morgan fingerprint density at radius 2 is 1.92 bits per heavy atom. The minimum absolute atomic E-state index is 0.110. The van der Waals surface area contributed by atoms with E-state index < -0.39 is 17.4 Å². The first-order valence-electron chi connectivity index (χ1n) is 13.0. The van der Waals surface area contributed by atoms with Crippen LogP contribution in [0.15, 0.2) is 72.0 Å². The molecule has 0 bridgehead atoms. The highest BCUT2D eigenvalue weighted by atomic mass is 16.5. The molecule has 1 fully saturated rings. The van der Waals surface area contributed by atoms with Gasteiger partial charge < -0.3 is 14.9 Å². The van der Waals surface area contributed by atoms with Crippen LogP contribution in [0.4, 0.5) is 0 Å². The molecule has 0 aliphatic heterocycles. The summed E-state index contributed by atoms with van der Waals surface area (Å²) in [5.41, 5.74) is 4.52. The van der Waals surface area contributed by atoms with E-state index >= 15 is 0 Å². The van der Waals surface area contributed by atoms with Crippen LogP contribution in [0.1, 0.15) is 67.0 Å². The summed E-state index contributed by atoms with van der Waals surface area (Å²) in [5, 5.41) is 24.9. The average Bonchev–Trinajstić information content (AvgIpc) is 3.64. The van der Waals surface area contributed by atoms with E-state index in [0.717, 1.165) is 28.1 Å². The number of carboxylic acid groups (broad SMARTS) is 2. The number of aryl methyl sites for hydroxylation is 2. The average molecular weight is 513 g/mol. The van der Waals surface area contributed by atoms with E-state index in [0.29, 0.717) is 29.2 Å². The summed E-state index contributed by atoms with van der Waals surface area (Å²) in [7, 11) is 0. The van der Waals surface area contributed by atoms with Gasteiger partial charge in [-0.25, -0.2) is 9.48 Å². The van der Waals surface area contributed by atoms with E-state index in [4.69, 9.17) is 9.84 Å². The molecule has 7 heteroatoms. The Bertz CT molecular complexity index is 1480. The molecule has 2 aliphatic carbocycles. The van der Waals surface area contributed by atoms with E-state index in [-0.39, 0.29) is 18.6 Å². The lowest BCUT2D eigenvalue weighted by molar-refractivity contribution is -0.142. The molecule has 1 heterocycles. The zero-order valence-electron chi connectivity index (χ0n) is 21.9. The zero-order valence-corrected chi connectivity index (χ0v) is 21.9. The first-order chi connectivity index (χ1) is 18.2. The Morgan fingerprint density at radius 1 is 1.13 bits per heavy atom. The highest BCUT2D eigenvalue weighted by Gasteiger charge is 2.44. The molecule has 38 heavy (non-hydrogen) atoms. The minimum atomic E-state index is -1.49. The van der Waals surface area contributed by atoms with Crippen molar-refractivity contribution in [3.05, 3.63) is 99.9 Å². The van der Waals surface area contributed by atoms with Crippen molar-refractivity contribution in [3.63, 3.8) is 0 Å². The maximum absolute atomic E-state index is 12.7. The number of nitrogens with zero attached hydrogens (tertiary/aromatic N) is 2. The second-order valence-electron chi connectivity index (χ2n) is 10.2. The number of benzene rings is 2. The SMILES string of the molecule is CCc1cccc(C2(C(=O)O)C=CC(C)=C(C(=O)O)C2)c1COc1ccc(-n2ccc(C3CC3)n2)cc1C. The molecule has 1 atom stereocenters. The first-order valence-corrected chi connectivity index (χ1v) is 13.0. The maximum atomic E-state index is 12.7. The van der Waals surface area contributed by atoms with Crippen LogP contribution in [0.25, 0.3) is 5.69 Å². The fraction of sp³-hybridized carbons (Fsp3) is 0.323. The van der Waals surface area contributed by atoms with Crippen molar-refractivity contribution in [3.8, 4) is 11.4 Å². The molecule has 3 aromatic rings. The number of ether oxygens (including phenoxy) is 1. The van der Waals surface area contributed by atoms with E-state index in [9.17, 15) is 19.8 Å². The summed E-state index contributed by atoms with van der Waals surface area (Å²) in [5.74, 6) is -0.892. The van der Waals surface area contributed by atoms with Crippen LogP contribution >= 0.6 is 0 Å². The molecule has 0 spiro atoms. The molecule has 1 saturated carbocycles. The Kier molecular flexibility index (Phi) is 6.69. The lowest BCUT2D eigenvalue weighted by Gasteiger charge is -2.33. The zero-order chi connectivity index (χ0) is 27.0. The van der Waals surface area contributed by atoms with Crippen LogP contribution < -0.4 is 4.74 Å². The molecule has 196 valence electrons. The summed E-state index contributed by atoms with van der Waals surface area (Å²) >= 11 is 0. The third-order valence-electron chi connectivity index (χ3n) is 7.72. The summed E-state index contributed by atoms with van der Waals surface area (Å²) in [6.07, 6.45) is 8.19. The molecule has 2 N–H and O–H groups in total. The van der Waals surface area contributed by atoms with Gasteiger partial charge in [0.25, 0.3) is 0 Å². The van der Waals surface area contributed by atoms with E-state index in [1.807, 2.05) is 55.1 Å².